The molecular formula is C35H27ClN2O5. The summed E-state index contributed by atoms with van der Waals surface area (Å²) in [5, 5.41) is 3.58. The van der Waals surface area contributed by atoms with E-state index in [1.807, 2.05) is 59.5 Å². The van der Waals surface area contributed by atoms with Crippen LogP contribution < -0.4 is 19.7 Å². The second kappa shape index (κ2) is 10.1. The van der Waals surface area contributed by atoms with E-state index in [4.69, 9.17) is 21.1 Å². The molecule has 0 aromatic heterocycles. The van der Waals surface area contributed by atoms with Crippen LogP contribution >= 0.6 is 11.6 Å². The van der Waals surface area contributed by atoms with Gasteiger partial charge in [0.15, 0.2) is 11.6 Å². The first-order valence-corrected chi connectivity index (χ1v) is 14.3. The van der Waals surface area contributed by atoms with Gasteiger partial charge in [0, 0.05) is 22.0 Å². The van der Waals surface area contributed by atoms with Crippen molar-refractivity contribution in [3.8, 4) is 11.5 Å². The standard InChI is InChI=1S/C35H27ClN2O5/c1-42-23-14-16-28(43-2)24(19-23)33(40)30-31(32(39)20-8-4-3-5-9-20)38-27-15-13-22(36)18-21(27)12-17-29(38)35(30)25-10-6-7-11-26(25)37-34(35)41/h3-19,29-31H,1-2H3,(H,37,41)/t29-,30+,31-,35+/m1/s1. The Morgan fingerprint density at radius 2 is 1.65 bits per heavy atom. The van der Waals surface area contributed by atoms with E-state index in [0.29, 0.717) is 33.3 Å². The van der Waals surface area contributed by atoms with Crippen LogP contribution in [0.3, 0.4) is 0 Å². The number of nitrogens with one attached hydrogen (secondary N) is 1. The Bertz CT molecular complexity index is 1840. The van der Waals surface area contributed by atoms with Crippen LogP contribution in [0.4, 0.5) is 11.4 Å². The lowest BCUT2D eigenvalue weighted by atomic mass is 9.64. The van der Waals surface area contributed by atoms with Gasteiger partial charge in [-0.05, 0) is 53.6 Å². The molecule has 214 valence electrons. The van der Waals surface area contributed by atoms with Gasteiger partial charge in [0.2, 0.25) is 5.91 Å². The molecule has 4 atom stereocenters. The van der Waals surface area contributed by atoms with Crippen LogP contribution in [0.1, 0.15) is 31.8 Å². The Balaban J connectivity index is 1.55. The average molecular weight is 591 g/mol. The summed E-state index contributed by atoms with van der Waals surface area (Å²) < 4.78 is 11.1. The van der Waals surface area contributed by atoms with Crippen molar-refractivity contribution in [3.63, 3.8) is 0 Å². The molecule has 0 bridgehead atoms. The quantitative estimate of drug-likeness (QED) is 0.269. The Labute approximate surface area is 253 Å². The van der Waals surface area contributed by atoms with Crippen molar-refractivity contribution >= 4 is 46.5 Å². The number of methoxy groups -OCH3 is 2. The summed E-state index contributed by atoms with van der Waals surface area (Å²) in [5.41, 5.74) is 2.03. The summed E-state index contributed by atoms with van der Waals surface area (Å²) in [6.45, 7) is 0. The largest absolute Gasteiger partial charge is 0.497 e. The number of hydrogen-bond donors (Lipinski definition) is 1. The molecule has 0 saturated carbocycles. The van der Waals surface area contributed by atoms with Crippen LogP contribution in [0.15, 0.2) is 97.1 Å². The lowest BCUT2D eigenvalue weighted by Gasteiger charge is -2.37. The molecule has 3 heterocycles. The fourth-order valence-corrected chi connectivity index (χ4v) is 7.28. The normalized spacial score (nSPS) is 22.9. The van der Waals surface area contributed by atoms with Gasteiger partial charge >= 0.3 is 0 Å². The van der Waals surface area contributed by atoms with Gasteiger partial charge in [-0.1, -0.05) is 72.3 Å². The van der Waals surface area contributed by atoms with Crippen molar-refractivity contribution in [2.24, 2.45) is 5.92 Å². The van der Waals surface area contributed by atoms with Gasteiger partial charge in [-0.3, -0.25) is 14.4 Å². The highest BCUT2D eigenvalue weighted by Crippen LogP contribution is 2.58. The lowest BCUT2D eigenvalue weighted by Crippen LogP contribution is -2.51. The minimum atomic E-state index is -1.44. The highest BCUT2D eigenvalue weighted by Gasteiger charge is 2.70. The minimum absolute atomic E-state index is 0.231. The van der Waals surface area contributed by atoms with Crippen molar-refractivity contribution in [3.05, 3.63) is 124 Å². The molecule has 0 radical (unpaired) electrons. The molecule has 43 heavy (non-hydrogen) atoms. The molecule has 0 unspecified atom stereocenters. The molecule has 7 nitrogen and oxygen atoms in total. The SMILES string of the molecule is COc1ccc(OC)c(C(=O)[C@@H]2[C@H](C(=O)c3ccccc3)N3c4ccc(Cl)cc4C=C[C@@H]3[C@]23C(=O)Nc2ccccc23)c1. The predicted octanol–water partition coefficient (Wildman–Crippen LogP) is 6.21. The summed E-state index contributed by atoms with van der Waals surface area (Å²) in [7, 11) is 3.00. The van der Waals surface area contributed by atoms with Crippen LogP contribution in [-0.2, 0) is 10.2 Å². The molecule has 4 aromatic carbocycles. The summed E-state index contributed by atoms with van der Waals surface area (Å²) >= 11 is 6.38. The fourth-order valence-electron chi connectivity index (χ4n) is 7.10. The van der Waals surface area contributed by atoms with Gasteiger partial charge in [-0.15, -0.1) is 0 Å². The molecule has 3 aliphatic rings. The first-order chi connectivity index (χ1) is 20.9. The number of hydrogen-bond acceptors (Lipinski definition) is 6. The monoisotopic (exact) mass is 590 g/mol. The maximum Gasteiger partial charge on any atom is 0.238 e. The smallest absolute Gasteiger partial charge is 0.238 e. The number of para-hydroxylation sites is 1. The zero-order valence-electron chi connectivity index (χ0n) is 23.4. The molecule has 1 N–H and O–H groups in total. The summed E-state index contributed by atoms with van der Waals surface area (Å²) in [4.78, 5) is 46.3. The molecule has 1 amide bonds. The number of ketones is 2. The Hall–Kier alpha value is -4.88. The summed E-state index contributed by atoms with van der Waals surface area (Å²) in [5.74, 6) is -1.36. The van der Waals surface area contributed by atoms with Crippen LogP contribution in [-0.4, -0.2) is 43.8 Å². The number of rotatable bonds is 6. The van der Waals surface area contributed by atoms with Crippen molar-refractivity contribution < 1.29 is 23.9 Å². The minimum Gasteiger partial charge on any atom is -0.497 e. The number of nitrogens with zero attached hydrogens (tertiary/aromatic N) is 1. The van der Waals surface area contributed by atoms with Gasteiger partial charge in [-0.25, -0.2) is 0 Å². The van der Waals surface area contributed by atoms with E-state index in [-0.39, 0.29) is 17.3 Å². The topological polar surface area (TPSA) is 84.9 Å². The molecule has 1 saturated heterocycles. The van der Waals surface area contributed by atoms with Gasteiger partial charge in [0.05, 0.1) is 31.7 Å². The molecule has 0 aliphatic carbocycles. The first kappa shape index (κ1) is 27.0. The maximum absolute atomic E-state index is 15.1. The number of fused-ring (bicyclic) bond motifs is 6. The molecule has 1 fully saturated rings. The third kappa shape index (κ3) is 3.85. The van der Waals surface area contributed by atoms with Crippen LogP contribution in [0, 0.1) is 5.92 Å². The van der Waals surface area contributed by atoms with E-state index >= 15 is 4.79 Å². The number of carbonyl (C=O) groups is 3. The van der Waals surface area contributed by atoms with E-state index in [1.54, 1.807) is 48.5 Å². The van der Waals surface area contributed by atoms with Gasteiger partial charge < -0.3 is 19.7 Å². The van der Waals surface area contributed by atoms with Crippen molar-refractivity contribution in [2.75, 3.05) is 24.4 Å². The Morgan fingerprint density at radius 1 is 0.884 bits per heavy atom. The number of halogens is 1. The zero-order valence-corrected chi connectivity index (χ0v) is 24.2. The van der Waals surface area contributed by atoms with E-state index in [0.717, 1.165) is 11.3 Å². The second-order valence-corrected chi connectivity index (χ2v) is 11.3. The van der Waals surface area contributed by atoms with Crippen molar-refractivity contribution in [1.29, 1.82) is 0 Å². The number of carbonyl (C=O) groups excluding carboxylic acids is 3. The number of anilines is 2. The highest BCUT2D eigenvalue weighted by molar-refractivity contribution is 6.31. The fraction of sp³-hybridized carbons (Fsp3) is 0.171. The zero-order chi connectivity index (χ0) is 29.9. The number of amides is 1. The van der Waals surface area contributed by atoms with Crippen LogP contribution in [0.25, 0.3) is 6.08 Å². The van der Waals surface area contributed by atoms with E-state index in [1.165, 1.54) is 14.2 Å². The molecule has 7 rings (SSSR count). The predicted molar refractivity (Wildman–Crippen MR) is 165 cm³/mol. The summed E-state index contributed by atoms with van der Waals surface area (Å²) in [6.07, 6.45) is 3.84. The van der Waals surface area contributed by atoms with Crippen LogP contribution in [0.5, 0.6) is 11.5 Å². The molecule has 4 aromatic rings. The Morgan fingerprint density at radius 3 is 2.42 bits per heavy atom. The van der Waals surface area contributed by atoms with Gasteiger partial charge in [0.25, 0.3) is 0 Å². The van der Waals surface area contributed by atoms with Gasteiger partial charge in [-0.2, -0.15) is 0 Å². The van der Waals surface area contributed by atoms with E-state index < -0.39 is 29.2 Å². The van der Waals surface area contributed by atoms with Crippen molar-refractivity contribution in [1.82, 2.24) is 0 Å². The van der Waals surface area contributed by atoms with E-state index in [9.17, 15) is 9.59 Å². The molecule has 3 aliphatic heterocycles. The number of benzene rings is 4. The van der Waals surface area contributed by atoms with Gasteiger partial charge in [0.1, 0.15) is 23.0 Å². The third-order valence-electron chi connectivity index (χ3n) is 8.88. The average Bonchev–Trinajstić information content (AvgIpc) is 3.52. The second-order valence-electron chi connectivity index (χ2n) is 10.9. The highest BCUT2D eigenvalue weighted by atomic mass is 35.5. The lowest BCUT2D eigenvalue weighted by molar-refractivity contribution is -0.121. The number of Topliss-reactive ketones (excluding diaryl/α,β-unsaturated/α-hetero) is 2. The third-order valence-corrected chi connectivity index (χ3v) is 9.11. The number of ether oxygens (including phenoxy) is 2. The summed E-state index contributed by atoms with van der Waals surface area (Å²) in [6, 6.07) is 25.0. The van der Waals surface area contributed by atoms with E-state index in [2.05, 4.69) is 5.32 Å². The Kier molecular flexibility index (Phi) is 6.36. The molecule has 1 spiro atoms. The molecular weight excluding hydrogens is 564 g/mol. The van der Waals surface area contributed by atoms with Crippen molar-refractivity contribution in [2.45, 2.75) is 17.5 Å². The maximum atomic E-state index is 15.1. The molecule has 8 heteroatoms. The van der Waals surface area contributed by atoms with Crippen LogP contribution in [0.2, 0.25) is 5.02 Å². The first-order valence-electron chi connectivity index (χ1n) is 13.9.